The lowest BCUT2D eigenvalue weighted by molar-refractivity contribution is -0.123. The fourth-order valence-electron chi connectivity index (χ4n) is 3.04. The van der Waals surface area contributed by atoms with Gasteiger partial charge in [0.05, 0.1) is 22.9 Å². The first kappa shape index (κ1) is 19.2. The summed E-state index contributed by atoms with van der Waals surface area (Å²) in [6, 6.07) is 6.64. The first-order valence-electron chi connectivity index (χ1n) is 8.17. The fraction of sp³-hybridized carbons (Fsp3) is 0.471. The molecular weight excluding hydrogens is 344 g/mol. The van der Waals surface area contributed by atoms with E-state index in [-0.39, 0.29) is 42.4 Å². The predicted molar refractivity (Wildman–Crippen MR) is 99.0 cm³/mol. The number of halogens is 1. The Morgan fingerprint density at radius 3 is 2.56 bits per heavy atom. The van der Waals surface area contributed by atoms with Crippen LogP contribution in [0.1, 0.15) is 26.2 Å². The number of fused-ring (bicyclic) bond motifs is 1. The molecule has 1 aliphatic rings. The molecule has 25 heavy (non-hydrogen) atoms. The van der Waals surface area contributed by atoms with Crippen molar-refractivity contribution in [3.63, 3.8) is 0 Å². The molecule has 136 valence electrons. The van der Waals surface area contributed by atoms with E-state index in [2.05, 4.69) is 10.4 Å². The molecule has 1 fully saturated rings. The van der Waals surface area contributed by atoms with Gasteiger partial charge >= 0.3 is 0 Å². The lowest BCUT2D eigenvalue weighted by Gasteiger charge is -2.29. The molecule has 4 N–H and O–H groups in total. The maximum absolute atomic E-state index is 12.4. The van der Waals surface area contributed by atoms with E-state index in [0.29, 0.717) is 23.2 Å². The van der Waals surface area contributed by atoms with E-state index in [1.54, 1.807) is 24.3 Å². The summed E-state index contributed by atoms with van der Waals surface area (Å²) in [6.07, 6.45) is 2.26. The number of hydrogen-bond donors (Lipinski definition) is 3. The minimum absolute atomic E-state index is 0. The van der Waals surface area contributed by atoms with E-state index in [1.165, 1.54) is 4.68 Å². The number of hydrogen-bond acceptors (Lipinski definition) is 4. The molecule has 1 atom stereocenters. The Bertz CT molecular complexity index is 887. The molecular formula is C17H23ClN4O3. The van der Waals surface area contributed by atoms with Crippen LogP contribution < -0.4 is 22.2 Å². The maximum Gasteiger partial charge on any atom is 0.273 e. The molecule has 1 aromatic carbocycles. The second-order valence-corrected chi connectivity index (χ2v) is 6.64. The zero-order valence-corrected chi connectivity index (χ0v) is 14.9. The summed E-state index contributed by atoms with van der Waals surface area (Å²) in [6.45, 7) is 2.46. The van der Waals surface area contributed by atoms with Crippen LogP contribution in [0.25, 0.3) is 10.8 Å². The van der Waals surface area contributed by atoms with Gasteiger partial charge in [-0.15, -0.1) is 12.4 Å². The van der Waals surface area contributed by atoms with Gasteiger partial charge in [0.25, 0.3) is 11.1 Å². The molecule has 2 aromatic rings. The highest BCUT2D eigenvalue weighted by Gasteiger charge is 2.41. The van der Waals surface area contributed by atoms with Gasteiger partial charge < -0.3 is 11.1 Å². The van der Waals surface area contributed by atoms with Crippen molar-refractivity contribution in [2.75, 3.05) is 6.54 Å². The number of carbonyl (C=O) groups is 1. The molecule has 3 rings (SSSR count). The molecule has 0 aliphatic heterocycles. The third-order valence-corrected chi connectivity index (χ3v) is 4.77. The Labute approximate surface area is 151 Å². The first-order chi connectivity index (χ1) is 11.4. The molecule has 1 amide bonds. The van der Waals surface area contributed by atoms with Crippen LogP contribution in [0.3, 0.4) is 0 Å². The van der Waals surface area contributed by atoms with Gasteiger partial charge in [-0.1, -0.05) is 12.1 Å². The van der Waals surface area contributed by atoms with Crippen molar-refractivity contribution >= 4 is 29.1 Å². The molecule has 1 saturated carbocycles. The highest BCUT2D eigenvalue weighted by atomic mass is 35.5. The number of aryl methyl sites for hydroxylation is 1. The topological polar surface area (TPSA) is 110 Å². The Hall–Kier alpha value is -2.12. The van der Waals surface area contributed by atoms with Crippen molar-refractivity contribution in [1.29, 1.82) is 0 Å². The Balaban J connectivity index is 0.00000225. The van der Waals surface area contributed by atoms with E-state index >= 15 is 0 Å². The molecule has 1 unspecified atom stereocenters. The maximum atomic E-state index is 12.4. The van der Waals surface area contributed by atoms with Crippen LogP contribution >= 0.6 is 12.4 Å². The molecule has 1 aliphatic carbocycles. The standard InChI is InChI=1S/C17H22N4O3.ClH/c1-17(10-18,11-6-7-11)19-14(22)8-9-21-16(24)13-5-3-2-4-12(13)15(23)20-21;/h2-5,11H,6-10,18H2,1H3,(H,19,22)(H,20,23);1H. The van der Waals surface area contributed by atoms with E-state index < -0.39 is 5.54 Å². The number of aromatic nitrogens is 2. The molecule has 0 saturated heterocycles. The van der Waals surface area contributed by atoms with Gasteiger partial charge in [-0.3, -0.25) is 19.5 Å². The summed E-state index contributed by atoms with van der Waals surface area (Å²) in [5, 5.41) is 6.21. The zero-order valence-electron chi connectivity index (χ0n) is 14.1. The average Bonchev–Trinajstić information content (AvgIpc) is 3.42. The highest BCUT2D eigenvalue weighted by molar-refractivity contribution is 5.85. The van der Waals surface area contributed by atoms with Gasteiger partial charge in [-0.2, -0.15) is 0 Å². The average molecular weight is 367 g/mol. The number of amides is 1. The molecule has 1 heterocycles. The van der Waals surface area contributed by atoms with E-state index in [0.717, 1.165) is 12.8 Å². The Kier molecular flexibility index (Phi) is 5.69. The van der Waals surface area contributed by atoms with Crippen molar-refractivity contribution < 1.29 is 4.79 Å². The third-order valence-electron chi connectivity index (χ3n) is 4.77. The molecule has 0 radical (unpaired) electrons. The first-order valence-corrected chi connectivity index (χ1v) is 8.17. The van der Waals surface area contributed by atoms with Crippen LogP contribution in [-0.4, -0.2) is 27.8 Å². The van der Waals surface area contributed by atoms with E-state index in [9.17, 15) is 14.4 Å². The van der Waals surface area contributed by atoms with Crippen LogP contribution in [0.4, 0.5) is 0 Å². The van der Waals surface area contributed by atoms with Crippen LogP contribution in [0.15, 0.2) is 33.9 Å². The van der Waals surface area contributed by atoms with Gasteiger partial charge in [-0.05, 0) is 37.8 Å². The summed E-state index contributed by atoms with van der Waals surface area (Å²) in [5.41, 5.74) is 4.76. The van der Waals surface area contributed by atoms with Crippen LogP contribution in [0.5, 0.6) is 0 Å². The number of aromatic amines is 1. The third kappa shape index (κ3) is 3.93. The Morgan fingerprint density at radius 1 is 1.32 bits per heavy atom. The number of nitrogens with zero attached hydrogens (tertiary/aromatic N) is 1. The summed E-state index contributed by atoms with van der Waals surface area (Å²) < 4.78 is 1.20. The number of carbonyl (C=O) groups excluding carboxylic acids is 1. The van der Waals surface area contributed by atoms with Crippen molar-refractivity contribution in [1.82, 2.24) is 15.1 Å². The lowest BCUT2D eigenvalue weighted by atomic mass is 9.96. The molecule has 8 heteroatoms. The summed E-state index contributed by atoms with van der Waals surface area (Å²) in [4.78, 5) is 36.6. The van der Waals surface area contributed by atoms with Gasteiger partial charge in [0, 0.05) is 13.0 Å². The SMILES string of the molecule is CC(CN)(NC(=O)CCn1[nH]c(=O)c2ccccc2c1=O)C1CC1.Cl. The number of nitrogens with two attached hydrogens (primary N) is 1. The molecule has 0 bridgehead atoms. The fourth-order valence-corrected chi connectivity index (χ4v) is 3.04. The van der Waals surface area contributed by atoms with Crippen molar-refractivity contribution in [2.24, 2.45) is 11.7 Å². The van der Waals surface area contributed by atoms with Gasteiger partial charge in [0.1, 0.15) is 0 Å². The van der Waals surface area contributed by atoms with E-state index in [1.807, 2.05) is 6.92 Å². The van der Waals surface area contributed by atoms with Crippen molar-refractivity contribution in [2.45, 2.75) is 38.3 Å². The minimum Gasteiger partial charge on any atom is -0.349 e. The normalized spacial score (nSPS) is 16.1. The Morgan fingerprint density at radius 2 is 1.96 bits per heavy atom. The predicted octanol–water partition coefficient (Wildman–Crippen LogP) is 0.745. The minimum atomic E-state index is -0.390. The summed E-state index contributed by atoms with van der Waals surface area (Å²) >= 11 is 0. The van der Waals surface area contributed by atoms with Crippen LogP contribution in [-0.2, 0) is 11.3 Å². The van der Waals surface area contributed by atoms with E-state index in [4.69, 9.17) is 5.73 Å². The second kappa shape index (κ2) is 7.41. The number of H-pyrrole nitrogens is 1. The molecule has 0 spiro atoms. The number of nitrogens with one attached hydrogen (secondary N) is 2. The van der Waals surface area contributed by atoms with Gasteiger partial charge in [0.2, 0.25) is 5.91 Å². The van der Waals surface area contributed by atoms with Crippen molar-refractivity contribution in [3.8, 4) is 0 Å². The monoisotopic (exact) mass is 366 g/mol. The summed E-state index contributed by atoms with van der Waals surface area (Å²) in [5.74, 6) is 0.255. The van der Waals surface area contributed by atoms with Gasteiger partial charge in [-0.25, -0.2) is 4.68 Å². The summed E-state index contributed by atoms with van der Waals surface area (Å²) in [7, 11) is 0. The smallest absolute Gasteiger partial charge is 0.273 e. The van der Waals surface area contributed by atoms with Crippen LogP contribution in [0.2, 0.25) is 0 Å². The second-order valence-electron chi connectivity index (χ2n) is 6.64. The quantitative estimate of drug-likeness (QED) is 0.700. The zero-order chi connectivity index (χ0) is 17.3. The lowest BCUT2D eigenvalue weighted by Crippen LogP contribution is -2.53. The molecule has 7 nitrogen and oxygen atoms in total. The van der Waals surface area contributed by atoms with Crippen molar-refractivity contribution in [3.05, 3.63) is 45.0 Å². The largest absolute Gasteiger partial charge is 0.349 e. The number of rotatable bonds is 6. The number of benzene rings is 1. The van der Waals surface area contributed by atoms with Crippen LogP contribution in [0, 0.1) is 5.92 Å². The highest BCUT2D eigenvalue weighted by Crippen LogP contribution is 2.38. The molecule has 1 aromatic heterocycles. The van der Waals surface area contributed by atoms with Gasteiger partial charge in [0.15, 0.2) is 0 Å².